The van der Waals surface area contributed by atoms with Crippen molar-refractivity contribution in [3.63, 3.8) is 0 Å². The van der Waals surface area contributed by atoms with Crippen molar-refractivity contribution in [2.24, 2.45) is 0 Å². The lowest BCUT2D eigenvalue weighted by atomic mass is 10.2. The molecule has 0 unspecified atom stereocenters. The quantitative estimate of drug-likeness (QED) is 0.488. The molecule has 27 heavy (non-hydrogen) atoms. The van der Waals surface area contributed by atoms with Gasteiger partial charge in [-0.15, -0.1) is 0 Å². The highest BCUT2D eigenvalue weighted by atomic mass is 79.9. The predicted molar refractivity (Wildman–Crippen MR) is 113 cm³/mol. The molecule has 0 aliphatic rings. The number of carbonyl (C=O) groups excluding carboxylic acids is 1. The number of rotatable bonds is 7. The first kappa shape index (κ1) is 19.3. The molecule has 0 saturated carbocycles. The zero-order chi connectivity index (χ0) is 19.1. The number of nitrogens with one attached hydrogen (secondary N) is 2. The van der Waals surface area contributed by atoms with Gasteiger partial charge in [-0.25, -0.2) is 0 Å². The minimum Gasteiger partial charge on any atom is -0.483 e. The molecule has 4 nitrogen and oxygen atoms in total. The highest BCUT2D eigenvalue weighted by Crippen LogP contribution is 2.26. The number of hydrogen-bond donors (Lipinski definition) is 2. The summed E-state index contributed by atoms with van der Waals surface area (Å²) in [6, 6.07) is 22.6. The van der Waals surface area contributed by atoms with E-state index in [1.54, 1.807) is 0 Å². The third-order valence-corrected chi connectivity index (χ3v) is 4.59. The molecule has 6 heteroatoms. The number of amides is 1. The Bertz CT molecular complexity index is 919. The van der Waals surface area contributed by atoms with Crippen molar-refractivity contribution in [2.45, 2.75) is 6.54 Å². The van der Waals surface area contributed by atoms with Crippen LogP contribution in [0.5, 0.6) is 5.75 Å². The first-order valence-electron chi connectivity index (χ1n) is 8.36. The second kappa shape index (κ2) is 9.44. The smallest absolute Gasteiger partial charge is 0.262 e. The van der Waals surface area contributed by atoms with Crippen LogP contribution in [0.1, 0.15) is 5.56 Å². The zero-order valence-electron chi connectivity index (χ0n) is 14.4. The first-order chi connectivity index (χ1) is 13.1. The fourth-order valence-electron chi connectivity index (χ4n) is 2.44. The van der Waals surface area contributed by atoms with Crippen molar-refractivity contribution in [3.05, 3.63) is 87.9 Å². The normalized spacial score (nSPS) is 10.3. The van der Waals surface area contributed by atoms with E-state index >= 15 is 0 Å². The predicted octanol–water partition coefficient (Wildman–Crippen LogP) is 5.73. The number of anilines is 2. The molecule has 3 aromatic rings. The molecular formula is C21H18BrClN2O2. The Morgan fingerprint density at radius 2 is 1.74 bits per heavy atom. The SMILES string of the molecule is O=C(COc1ccc(CNc2cccc(Cl)c2)cc1Br)Nc1ccccc1. The van der Waals surface area contributed by atoms with Crippen molar-refractivity contribution in [3.8, 4) is 5.75 Å². The molecule has 0 bridgehead atoms. The first-order valence-corrected chi connectivity index (χ1v) is 9.53. The molecule has 2 N–H and O–H groups in total. The Morgan fingerprint density at radius 1 is 0.963 bits per heavy atom. The Kier molecular flexibility index (Phi) is 6.74. The van der Waals surface area contributed by atoms with E-state index in [0.29, 0.717) is 17.3 Å². The van der Waals surface area contributed by atoms with Crippen LogP contribution in [-0.2, 0) is 11.3 Å². The summed E-state index contributed by atoms with van der Waals surface area (Å²) in [7, 11) is 0. The summed E-state index contributed by atoms with van der Waals surface area (Å²) in [4.78, 5) is 12.0. The van der Waals surface area contributed by atoms with Gasteiger partial charge in [-0.3, -0.25) is 4.79 Å². The van der Waals surface area contributed by atoms with Gasteiger partial charge < -0.3 is 15.4 Å². The molecule has 0 radical (unpaired) electrons. The lowest BCUT2D eigenvalue weighted by Crippen LogP contribution is -2.20. The van der Waals surface area contributed by atoms with E-state index in [1.165, 1.54) is 0 Å². The van der Waals surface area contributed by atoms with Crippen LogP contribution < -0.4 is 15.4 Å². The topological polar surface area (TPSA) is 50.4 Å². The molecule has 0 spiro atoms. The number of carbonyl (C=O) groups is 1. The summed E-state index contributed by atoms with van der Waals surface area (Å²) >= 11 is 9.48. The van der Waals surface area contributed by atoms with E-state index in [-0.39, 0.29) is 12.5 Å². The minimum atomic E-state index is -0.209. The molecule has 0 heterocycles. The molecule has 3 rings (SSSR count). The molecule has 0 aliphatic carbocycles. The summed E-state index contributed by atoms with van der Waals surface area (Å²) in [6.07, 6.45) is 0. The van der Waals surface area contributed by atoms with Crippen LogP contribution in [0.15, 0.2) is 77.3 Å². The molecule has 0 atom stereocenters. The summed E-state index contributed by atoms with van der Waals surface area (Å²) < 4.78 is 6.40. The highest BCUT2D eigenvalue weighted by molar-refractivity contribution is 9.10. The van der Waals surface area contributed by atoms with Crippen molar-refractivity contribution in [1.29, 1.82) is 0 Å². The van der Waals surface area contributed by atoms with Gasteiger partial charge in [0.25, 0.3) is 5.91 Å². The van der Waals surface area contributed by atoms with Crippen molar-refractivity contribution in [2.75, 3.05) is 17.2 Å². The van der Waals surface area contributed by atoms with Crippen molar-refractivity contribution >= 4 is 44.8 Å². The molecule has 0 saturated heterocycles. The summed E-state index contributed by atoms with van der Waals surface area (Å²) in [5, 5.41) is 6.79. The zero-order valence-corrected chi connectivity index (χ0v) is 16.8. The van der Waals surface area contributed by atoms with E-state index in [2.05, 4.69) is 26.6 Å². The third kappa shape index (κ3) is 6.01. The van der Waals surface area contributed by atoms with Gasteiger partial charge in [-0.05, 0) is 64.0 Å². The summed E-state index contributed by atoms with van der Waals surface area (Å²) in [5.41, 5.74) is 2.77. The van der Waals surface area contributed by atoms with Crippen molar-refractivity contribution in [1.82, 2.24) is 0 Å². The second-order valence-corrected chi connectivity index (χ2v) is 7.12. The van der Waals surface area contributed by atoms with Crippen LogP contribution in [0.2, 0.25) is 5.02 Å². The molecule has 0 aliphatic heterocycles. The van der Waals surface area contributed by atoms with Gasteiger partial charge in [-0.2, -0.15) is 0 Å². The highest BCUT2D eigenvalue weighted by Gasteiger charge is 2.07. The van der Waals surface area contributed by atoms with E-state index in [1.807, 2.05) is 72.8 Å². The number of hydrogen-bond acceptors (Lipinski definition) is 3. The standard InChI is InChI=1S/C21H18BrClN2O2/c22-19-11-15(13-24-18-8-4-5-16(23)12-18)9-10-20(19)27-14-21(26)25-17-6-2-1-3-7-17/h1-12,24H,13-14H2,(H,25,26). The largest absolute Gasteiger partial charge is 0.483 e. The molecule has 0 aromatic heterocycles. The van der Waals surface area contributed by atoms with E-state index in [9.17, 15) is 4.79 Å². The average Bonchev–Trinajstić information content (AvgIpc) is 2.66. The molecular weight excluding hydrogens is 428 g/mol. The van der Waals surface area contributed by atoms with Gasteiger partial charge in [0.15, 0.2) is 6.61 Å². The van der Waals surface area contributed by atoms with Gasteiger partial charge in [0.2, 0.25) is 0 Å². The number of benzene rings is 3. The lowest BCUT2D eigenvalue weighted by molar-refractivity contribution is -0.118. The lowest BCUT2D eigenvalue weighted by Gasteiger charge is -2.11. The second-order valence-electron chi connectivity index (χ2n) is 5.83. The molecule has 1 amide bonds. The fourth-order valence-corrected chi connectivity index (χ4v) is 3.17. The minimum absolute atomic E-state index is 0.0619. The Morgan fingerprint density at radius 3 is 2.48 bits per heavy atom. The van der Waals surface area contributed by atoms with E-state index < -0.39 is 0 Å². The number of halogens is 2. The van der Waals surface area contributed by atoms with E-state index in [4.69, 9.17) is 16.3 Å². The van der Waals surface area contributed by atoms with Crippen LogP contribution in [-0.4, -0.2) is 12.5 Å². The van der Waals surface area contributed by atoms with Gasteiger partial charge in [0, 0.05) is 22.9 Å². The van der Waals surface area contributed by atoms with E-state index in [0.717, 1.165) is 21.4 Å². The maximum absolute atomic E-state index is 12.0. The van der Waals surface area contributed by atoms with Gasteiger partial charge >= 0.3 is 0 Å². The van der Waals surface area contributed by atoms with Crippen LogP contribution in [0.3, 0.4) is 0 Å². The maximum Gasteiger partial charge on any atom is 0.262 e. The number of ether oxygens (including phenoxy) is 1. The van der Waals surface area contributed by atoms with Gasteiger partial charge in [-0.1, -0.05) is 41.9 Å². The molecule has 0 fully saturated rings. The Labute approximate surface area is 171 Å². The van der Waals surface area contributed by atoms with Crippen LogP contribution in [0, 0.1) is 0 Å². The fraction of sp³-hybridized carbons (Fsp3) is 0.0952. The number of para-hydroxylation sites is 1. The molecule has 3 aromatic carbocycles. The Balaban J connectivity index is 1.52. The average molecular weight is 446 g/mol. The molecule has 138 valence electrons. The monoisotopic (exact) mass is 444 g/mol. The van der Waals surface area contributed by atoms with Crippen LogP contribution in [0.25, 0.3) is 0 Å². The third-order valence-electron chi connectivity index (χ3n) is 3.73. The summed E-state index contributed by atoms with van der Waals surface area (Å²) in [6.45, 7) is 0.585. The van der Waals surface area contributed by atoms with Crippen LogP contribution >= 0.6 is 27.5 Å². The summed E-state index contributed by atoms with van der Waals surface area (Å²) in [5.74, 6) is 0.407. The maximum atomic E-state index is 12.0. The van der Waals surface area contributed by atoms with Gasteiger partial charge in [0.05, 0.1) is 4.47 Å². The Hall–Kier alpha value is -2.50. The van der Waals surface area contributed by atoms with Gasteiger partial charge in [0.1, 0.15) is 5.75 Å². The van der Waals surface area contributed by atoms with Crippen LogP contribution in [0.4, 0.5) is 11.4 Å². The van der Waals surface area contributed by atoms with Crippen molar-refractivity contribution < 1.29 is 9.53 Å².